The first kappa shape index (κ1) is 10.3. The molecule has 0 spiro atoms. The van der Waals surface area contributed by atoms with Gasteiger partial charge in [-0.25, -0.2) is 0 Å². The zero-order valence-electron chi connectivity index (χ0n) is 7.36. The molecule has 10 heavy (non-hydrogen) atoms. The van der Waals surface area contributed by atoms with Crippen molar-refractivity contribution in [1.82, 2.24) is 0 Å². The molecule has 0 bridgehead atoms. The lowest BCUT2D eigenvalue weighted by Gasteiger charge is -2.15. The van der Waals surface area contributed by atoms with Crippen LogP contribution in [0, 0.1) is 11.8 Å². The van der Waals surface area contributed by atoms with Crippen LogP contribution in [0.4, 0.5) is 0 Å². The zero-order chi connectivity index (χ0) is 7.98. The molecule has 0 fully saturated rings. The summed E-state index contributed by atoms with van der Waals surface area (Å²) >= 11 is 5.71. The molecule has 0 rings (SSSR count). The predicted molar refractivity (Wildman–Crippen MR) is 48.6 cm³/mol. The van der Waals surface area contributed by atoms with E-state index < -0.39 is 0 Å². The van der Waals surface area contributed by atoms with Crippen molar-refractivity contribution < 1.29 is 0 Å². The van der Waals surface area contributed by atoms with Crippen molar-refractivity contribution in [1.29, 1.82) is 0 Å². The Balaban J connectivity index is 3.41. The van der Waals surface area contributed by atoms with Crippen molar-refractivity contribution in [2.75, 3.05) is 5.88 Å². The lowest BCUT2D eigenvalue weighted by Crippen LogP contribution is -2.05. The average Bonchev–Trinajstić information content (AvgIpc) is 1.99. The Hall–Kier alpha value is 0.290. The molecule has 0 aliphatic carbocycles. The van der Waals surface area contributed by atoms with Crippen LogP contribution in [0.1, 0.15) is 40.0 Å². The van der Waals surface area contributed by atoms with Crippen LogP contribution in [0.3, 0.4) is 0 Å². The molecule has 0 heterocycles. The molecule has 0 aliphatic heterocycles. The van der Waals surface area contributed by atoms with Crippen molar-refractivity contribution in [2.24, 2.45) is 11.8 Å². The first-order valence-electron chi connectivity index (χ1n) is 4.30. The van der Waals surface area contributed by atoms with Crippen LogP contribution in [0.15, 0.2) is 0 Å². The highest BCUT2D eigenvalue weighted by molar-refractivity contribution is 6.18. The second kappa shape index (κ2) is 6.03. The molecule has 0 aromatic heterocycles. The van der Waals surface area contributed by atoms with Crippen molar-refractivity contribution in [3.63, 3.8) is 0 Å². The summed E-state index contributed by atoms with van der Waals surface area (Å²) in [6, 6.07) is 0. The first-order valence-corrected chi connectivity index (χ1v) is 4.83. The van der Waals surface area contributed by atoms with Gasteiger partial charge < -0.3 is 0 Å². The Morgan fingerprint density at radius 3 is 2.00 bits per heavy atom. The van der Waals surface area contributed by atoms with E-state index in [0.29, 0.717) is 5.92 Å². The van der Waals surface area contributed by atoms with Gasteiger partial charge in [-0.1, -0.05) is 33.6 Å². The Morgan fingerprint density at radius 1 is 1.20 bits per heavy atom. The highest BCUT2D eigenvalue weighted by Crippen LogP contribution is 2.19. The number of alkyl halides is 1. The second-order valence-electron chi connectivity index (χ2n) is 3.18. The molecule has 1 heteroatoms. The van der Waals surface area contributed by atoms with E-state index in [1.807, 2.05) is 0 Å². The number of hydrogen-bond acceptors (Lipinski definition) is 0. The van der Waals surface area contributed by atoms with Gasteiger partial charge >= 0.3 is 0 Å². The Labute approximate surface area is 70.0 Å². The molecule has 62 valence electrons. The monoisotopic (exact) mass is 162 g/mol. The van der Waals surface area contributed by atoms with Gasteiger partial charge in [0, 0.05) is 5.88 Å². The lowest BCUT2D eigenvalue weighted by molar-refractivity contribution is 0.391. The van der Waals surface area contributed by atoms with E-state index in [9.17, 15) is 0 Å². The van der Waals surface area contributed by atoms with Crippen LogP contribution in [0.25, 0.3) is 0 Å². The van der Waals surface area contributed by atoms with Crippen LogP contribution in [0.2, 0.25) is 0 Å². The minimum atomic E-state index is 0.701. The van der Waals surface area contributed by atoms with Crippen molar-refractivity contribution in [3.05, 3.63) is 0 Å². The molecule has 0 aromatic carbocycles. The summed E-state index contributed by atoms with van der Waals surface area (Å²) in [7, 11) is 0. The summed E-state index contributed by atoms with van der Waals surface area (Å²) in [6.07, 6.45) is 3.91. The quantitative estimate of drug-likeness (QED) is 0.541. The first-order chi connectivity index (χ1) is 4.74. The molecule has 1 atom stereocenters. The normalized spacial score (nSPS) is 14.1. The minimum Gasteiger partial charge on any atom is -0.126 e. The lowest BCUT2D eigenvalue weighted by atomic mass is 9.93. The smallest absolute Gasteiger partial charge is 0.0249 e. The number of rotatable bonds is 5. The van der Waals surface area contributed by atoms with E-state index in [0.717, 1.165) is 11.8 Å². The van der Waals surface area contributed by atoms with Gasteiger partial charge in [0.15, 0.2) is 0 Å². The topological polar surface area (TPSA) is 0 Å². The fraction of sp³-hybridized carbons (Fsp3) is 1.00. The van der Waals surface area contributed by atoms with Crippen LogP contribution in [0.5, 0.6) is 0 Å². The van der Waals surface area contributed by atoms with Crippen LogP contribution >= 0.6 is 11.6 Å². The second-order valence-corrected chi connectivity index (χ2v) is 3.49. The maximum atomic E-state index is 5.71. The maximum Gasteiger partial charge on any atom is 0.0249 e. The molecule has 0 aliphatic rings. The summed E-state index contributed by atoms with van der Waals surface area (Å²) in [4.78, 5) is 0. The largest absolute Gasteiger partial charge is 0.126 e. The van der Waals surface area contributed by atoms with Gasteiger partial charge in [0.25, 0.3) is 0 Å². The third kappa shape index (κ3) is 4.16. The van der Waals surface area contributed by atoms with Gasteiger partial charge in [-0.05, 0) is 18.3 Å². The van der Waals surface area contributed by atoms with E-state index in [1.165, 1.54) is 19.3 Å². The van der Waals surface area contributed by atoms with E-state index in [4.69, 9.17) is 11.6 Å². The van der Waals surface area contributed by atoms with E-state index >= 15 is 0 Å². The van der Waals surface area contributed by atoms with Gasteiger partial charge in [-0.15, -0.1) is 11.6 Å². The molecule has 1 unspecified atom stereocenters. The Kier molecular flexibility index (Phi) is 6.20. The van der Waals surface area contributed by atoms with Gasteiger partial charge in [0.1, 0.15) is 0 Å². The number of hydrogen-bond donors (Lipinski definition) is 0. The third-order valence-corrected chi connectivity index (χ3v) is 2.68. The predicted octanol–water partition coefficient (Wildman–Crippen LogP) is 3.69. The summed E-state index contributed by atoms with van der Waals surface area (Å²) in [6.45, 7) is 6.75. The standard InChI is InChI=1S/C9H19Cl/c1-4-9(5-2)6-8(3)7-10/h8-9H,4-7H2,1-3H3. The van der Waals surface area contributed by atoms with Crippen LogP contribution in [-0.2, 0) is 0 Å². The zero-order valence-corrected chi connectivity index (χ0v) is 8.12. The fourth-order valence-corrected chi connectivity index (χ4v) is 1.38. The molecular weight excluding hydrogens is 144 g/mol. The van der Waals surface area contributed by atoms with E-state index in [1.54, 1.807) is 0 Å². The summed E-state index contributed by atoms with van der Waals surface area (Å²) < 4.78 is 0. The van der Waals surface area contributed by atoms with Crippen molar-refractivity contribution >= 4 is 11.6 Å². The van der Waals surface area contributed by atoms with Gasteiger partial charge in [0.2, 0.25) is 0 Å². The minimum absolute atomic E-state index is 0.701. The van der Waals surface area contributed by atoms with Gasteiger partial charge in [0.05, 0.1) is 0 Å². The Morgan fingerprint density at radius 2 is 1.70 bits per heavy atom. The van der Waals surface area contributed by atoms with Crippen LogP contribution in [-0.4, -0.2) is 5.88 Å². The van der Waals surface area contributed by atoms with E-state index in [-0.39, 0.29) is 0 Å². The number of halogens is 1. The molecule has 0 saturated carbocycles. The van der Waals surface area contributed by atoms with Gasteiger partial charge in [-0.3, -0.25) is 0 Å². The van der Waals surface area contributed by atoms with Crippen LogP contribution < -0.4 is 0 Å². The maximum absolute atomic E-state index is 5.71. The summed E-state index contributed by atoms with van der Waals surface area (Å²) in [5.74, 6) is 2.41. The summed E-state index contributed by atoms with van der Waals surface area (Å²) in [5.41, 5.74) is 0. The SMILES string of the molecule is CCC(CC)CC(C)CCl. The molecule has 0 nitrogen and oxygen atoms in total. The van der Waals surface area contributed by atoms with Crippen molar-refractivity contribution in [2.45, 2.75) is 40.0 Å². The third-order valence-electron chi connectivity index (χ3n) is 2.15. The molecule has 0 N–H and O–H groups in total. The molecule has 0 aromatic rings. The highest BCUT2D eigenvalue weighted by atomic mass is 35.5. The fourth-order valence-electron chi connectivity index (χ4n) is 1.25. The van der Waals surface area contributed by atoms with Gasteiger partial charge in [-0.2, -0.15) is 0 Å². The van der Waals surface area contributed by atoms with Crippen molar-refractivity contribution in [3.8, 4) is 0 Å². The summed E-state index contributed by atoms with van der Waals surface area (Å²) in [5, 5.41) is 0. The average molecular weight is 163 g/mol. The highest BCUT2D eigenvalue weighted by Gasteiger charge is 2.07. The Bertz CT molecular complexity index is 67.1. The van der Waals surface area contributed by atoms with E-state index in [2.05, 4.69) is 20.8 Å². The molecule has 0 amide bonds. The molecule has 0 saturated heterocycles. The molecular formula is C9H19Cl. The molecule has 0 radical (unpaired) electrons.